The van der Waals surface area contributed by atoms with E-state index in [1.807, 2.05) is 37.3 Å². The van der Waals surface area contributed by atoms with Crippen molar-refractivity contribution in [3.63, 3.8) is 0 Å². The molecule has 0 heterocycles. The summed E-state index contributed by atoms with van der Waals surface area (Å²) in [6.45, 7) is 3.90. The number of rotatable bonds is 5. The average Bonchev–Trinajstić information content (AvgIpc) is 2.53. The third-order valence-electron chi connectivity index (χ3n) is 3.60. The van der Waals surface area contributed by atoms with Gasteiger partial charge < -0.3 is 4.74 Å². The zero-order chi connectivity index (χ0) is 15.2. The van der Waals surface area contributed by atoms with Crippen LogP contribution in [0.1, 0.15) is 29.7 Å². The van der Waals surface area contributed by atoms with E-state index < -0.39 is 0 Å². The Morgan fingerprint density at radius 1 is 1.05 bits per heavy atom. The van der Waals surface area contributed by atoms with Crippen LogP contribution in [-0.4, -0.2) is 19.1 Å². The maximum Gasteiger partial charge on any atom is 0.322 e. The third kappa shape index (κ3) is 3.70. The highest BCUT2D eigenvalue weighted by Crippen LogP contribution is 2.25. The molecule has 2 aromatic carbocycles. The summed E-state index contributed by atoms with van der Waals surface area (Å²) in [6.07, 6.45) is 0. The van der Waals surface area contributed by atoms with Crippen LogP contribution in [0.15, 0.2) is 54.6 Å². The highest BCUT2D eigenvalue weighted by atomic mass is 16.5. The topological polar surface area (TPSA) is 38.3 Å². The van der Waals surface area contributed by atoms with Crippen molar-refractivity contribution in [2.24, 2.45) is 0 Å². The van der Waals surface area contributed by atoms with Gasteiger partial charge in [0.1, 0.15) is 6.04 Å². The second-order valence-corrected chi connectivity index (χ2v) is 5.11. The van der Waals surface area contributed by atoms with Crippen molar-refractivity contribution in [1.29, 1.82) is 0 Å². The van der Waals surface area contributed by atoms with Crippen molar-refractivity contribution >= 4 is 5.97 Å². The van der Waals surface area contributed by atoms with Crippen molar-refractivity contribution in [2.75, 3.05) is 7.11 Å². The molecular weight excluding hydrogens is 262 g/mol. The number of carbonyl (C=O) groups excluding carboxylic acids is 1. The summed E-state index contributed by atoms with van der Waals surface area (Å²) < 4.78 is 4.81. The van der Waals surface area contributed by atoms with Gasteiger partial charge in [-0.2, -0.15) is 0 Å². The van der Waals surface area contributed by atoms with E-state index in [4.69, 9.17) is 4.74 Å². The Morgan fingerprint density at radius 2 is 1.67 bits per heavy atom. The van der Waals surface area contributed by atoms with E-state index in [0.29, 0.717) is 0 Å². The molecule has 110 valence electrons. The molecule has 0 saturated carbocycles. The molecule has 0 spiro atoms. The molecule has 1 unspecified atom stereocenters. The number of nitrogens with one attached hydrogen (secondary N) is 1. The van der Waals surface area contributed by atoms with Crippen molar-refractivity contribution in [2.45, 2.75) is 25.9 Å². The summed E-state index contributed by atoms with van der Waals surface area (Å²) in [5.74, 6) is -0.260. The number of hydrogen-bond acceptors (Lipinski definition) is 3. The molecule has 0 bridgehead atoms. The minimum atomic E-state index is -0.375. The van der Waals surface area contributed by atoms with Gasteiger partial charge in [0.25, 0.3) is 0 Å². The Hall–Kier alpha value is -2.13. The molecule has 3 heteroatoms. The highest BCUT2D eigenvalue weighted by Gasteiger charge is 2.21. The van der Waals surface area contributed by atoms with Crippen LogP contribution in [0.3, 0.4) is 0 Å². The lowest BCUT2D eigenvalue weighted by atomic mass is 9.94. The quantitative estimate of drug-likeness (QED) is 0.856. The summed E-state index contributed by atoms with van der Waals surface area (Å²) in [7, 11) is 1.41. The van der Waals surface area contributed by atoms with Gasteiger partial charge in [-0.15, -0.1) is 0 Å². The van der Waals surface area contributed by atoms with E-state index in [-0.39, 0.29) is 18.1 Å². The minimum Gasteiger partial charge on any atom is -0.468 e. The monoisotopic (exact) mass is 283 g/mol. The summed E-state index contributed by atoms with van der Waals surface area (Å²) >= 11 is 0. The predicted molar refractivity (Wildman–Crippen MR) is 84.1 cm³/mol. The van der Waals surface area contributed by atoms with E-state index in [9.17, 15) is 4.79 Å². The number of ether oxygens (including phenoxy) is 1. The molecule has 0 fully saturated rings. The first-order valence-corrected chi connectivity index (χ1v) is 7.08. The molecule has 0 aliphatic heterocycles. The lowest BCUT2D eigenvalue weighted by molar-refractivity contribution is -0.142. The molecule has 1 N–H and O–H groups in total. The number of aryl methyl sites for hydroxylation is 1. The molecule has 21 heavy (non-hydrogen) atoms. The molecule has 2 atom stereocenters. The molecule has 2 rings (SSSR count). The average molecular weight is 283 g/mol. The largest absolute Gasteiger partial charge is 0.468 e. The van der Waals surface area contributed by atoms with Gasteiger partial charge in [-0.1, -0.05) is 54.6 Å². The first-order chi connectivity index (χ1) is 10.1. The summed E-state index contributed by atoms with van der Waals surface area (Å²) in [4.78, 5) is 11.7. The molecule has 0 saturated heterocycles. The Kier molecular flexibility index (Phi) is 5.12. The van der Waals surface area contributed by atoms with Crippen LogP contribution in [-0.2, 0) is 9.53 Å². The molecule has 3 nitrogen and oxygen atoms in total. The SMILES string of the molecule is COC(=O)[C@H](C)NC(c1ccccc1)c1ccccc1C. The number of methoxy groups -OCH3 is 1. The molecule has 0 radical (unpaired) electrons. The van der Waals surface area contributed by atoms with Gasteiger partial charge in [0.05, 0.1) is 13.2 Å². The fourth-order valence-corrected chi connectivity index (χ4v) is 2.42. The van der Waals surface area contributed by atoms with Crippen LogP contribution in [0.25, 0.3) is 0 Å². The highest BCUT2D eigenvalue weighted by molar-refractivity contribution is 5.75. The second kappa shape index (κ2) is 7.04. The van der Waals surface area contributed by atoms with Crippen LogP contribution in [0, 0.1) is 6.92 Å². The Bertz CT molecular complexity index is 595. The normalized spacial score (nSPS) is 13.5. The van der Waals surface area contributed by atoms with Crippen molar-refractivity contribution in [3.8, 4) is 0 Å². The van der Waals surface area contributed by atoms with Gasteiger partial charge in [0.15, 0.2) is 0 Å². The Balaban J connectivity index is 2.36. The van der Waals surface area contributed by atoms with Gasteiger partial charge in [0.2, 0.25) is 0 Å². The van der Waals surface area contributed by atoms with E-state index >= 15 is 0 Å². The standard InChI is InChI=1S/C18H21NO2/c1-13-9-7-8-12-16(13)17(15-10-5-4-6-11-15)19-14(2)18(20)21-3/h4-12,14,17,19H,1-3H3/t14-,17?/m0/s1. The fraction of sp³-hybridized carbons (Fsp3) is 0.278. The van der Waals surface area contributed by atoms with Gasteiger partial charge in [-0.25, -0.2) is 0 Å². The molecule has 0 aromatic heterocycles. The lowest BCUT2D eigenvalue weighted by Crippen LogP contribution is -2.38. The van der Waals surface area contributed by atoms with Gasteiger partial charge >= 0.3 is 5.97 Å². The van der Waals surface area contributed by atoms with Crippen molar-refractivity contribution in [3.05, 3.63) is 71.3 Å². The molecule has 0 amide bonds. The zero-order valence-corrected chi connectivity index (χ0v) is 12.7. The van der Waals surface area contributed by atoms with Crippen LogP contribution >= 0.6 is 0 Å². The summed E-state index contributed by atoms with van der Waals surface area (Å²) in [5, 5.41) is 3.37. The van der Waals surface area contributed by atoms with Gasteiger partial charge in [-0.3, -0.25) is 10.1 Å². The van der Waals surface area contributed by atoms with E-state index in [0.717, 1.165) is 5.56 Å². The minimum absolute atomic E-state index is 0.0403. The second-order valence-electron chi connectivity index (χ2n) is 5.11. The van der Waals surface area contributed by atoms with Crippen LogP contribution in [0.5, 0.6) is 0 Å². The first-order valence-electron chi connectivity index (χ1n) is 7.08. The zero-order valence-electron chi connectivity index (χ0n) is 12.7. The molecule has 2 aromatic rings. The molecule has 0 aliphatic carbocycles. The van der Waals surface area contributed by atoms with E-state index in [1.165, 1.54) is 18.2 Å². The number of hydrogen-bond donors (Lipinski definition) is 1. The number of benzene rings is 2. The first kappa shape index (κ1) is 15.3. The number of carbonyl (C=O) groups is 1. The van der Waals surface area contributed by atoms with Crippen molar-refractivity contribution < 1.29 is 9.53 Å². The smallest absolute Gasteiger partial charge is 0.322 e. The van der Waals surface area contributed by atoms with Crippen LogP contribution in [0.2, 0.25) is 0 Å². The number of esters is 1. The van der Waals surface area contributed by atoms with Crippen LogP contribution in [0.4, 0.5) is 0 Å². The molecular formula is C18H21NO2. The van der Waals surface area contributed by atoms with Crippen molar-refractivity contribution in [1.82, 2.24) is 5.32 Å². The summed E-state index contributed by atoms with van der Waals surface area (Å²) in [6, 6.07) is 17.9. The summed E-state index contributed by atoms with van der Waals surface area (Å²) in [5.41, 5.74) is 3.48. The molecule has 0 aliphatic rings. The lowest BCUT2D eigenvalue weighted by Gasteiger charge is -2.24. The fourth-order valence-electron chi connectivity index (χ4n) is 2.42. The Labute approximate surface area is 126 Å². The van der Waals surface area contributed by atoms with Gasteiger partial charge in [-0.05, 0) is 30.5 Å². The Morgan fingerprint density at radius 3 is 2.29 bits per heavy atom. The van der Waals surface area contributed by atoms with Gasteiger partial charge in [0, 0.05) is 0 Å². The maximum atomic E-state index is 11.7. The predicted octanol–water partition coefficient (Wildman–Crippen LogP) is 3.24. The maximum absolute atomic E-state index is 11.7. The van der Waals surface area contributed by atoms with E-state index in [2.05, 4.69) is 36.5 Å². The third-order valence-corrected chi connectivity index (χ3v) is 3.60. The van der Waals surface area contributed by atoms with E-state index in [1.54, 1.807) is 0 Å². The van der Waals surface area contributed by atoms with Crippen LogP contribution < -0.4 is 5.32 Å².